The van der Waals surface area contributed by atoms with Crippen LogP contribution in [0.2, 0.25) is 0 Å². The number of likely N-dealkylation sites (tertiary alicyclic amines) is 1. The van der Waals surface area contributed by atoms with Crippen LogP contribution >= 0.6 is 0 Å². The number of carbonyl (C=O) groups excluding carboxylic acids is 1. The lowest BCUT2D eigenvalue weighted by Gasteiger charge is -2.30. The number of rotatable bonds is 5. The maximum atomic E-state index is 12.4. The normalized spacial score (nSPS) is 15.9. The summed E-state index contributed by atoms with van der Waals surface area (Å²) in [6, 6.07) is 9.65. The van der Waals surface area contributed by atoms with Gasteiger partial charge in [0.05, 0.1) is 7.11 Å². The van der Waals surface area contributed by atoms with Gasteiger partial charge in [-0.2, -0.15) is 5.26 Å². The van der Waals surface area contributed by atoms with Crippen molar-refractivity contribution in [1.82, 2.24) is 10.2 Å². The Hall–Kier alpha value is -2.48. The number of amides is 1. The number of hydrogen-bond donors (Lipinski definition) is 1. The van der Waals surface area contributed by atoms with E-state index in [9.17, 15) is 10.1 Å². The molecular formula is C18H23N3O2. The summed E-state index contributed by atoms with van der Waals surface area (Å²) in [6.45, 7) is 4.15. The van der Waals surface area contributed by atoms with Gasteiger partial charge in [-0.15, -0.1) is 0 Å². The zero-order chi connectivity index (χ0) is 16.7. The zero-order valence-electron chi connectivity index (χ0n) is 13.7. The van der Waals surface area contributed by atoms with Gasteiger partial charge in [0.15, 0.2) is 0 Å². The van der Waals surface area contributed by atoms with Crippen molar-refractivity contribution in [1.29, 1.82) is 5.26 Å². The van der Waals surface area contributed by atoms with Gasteiger partial charge in [0.2, 0.25) is 0 Å². The number of nitrogens with one attached hydrogen (secondary N) is 1. The lowest BCUT2D eigenvalue weighted by atomic mass is 9.99. The molecule has 0 bridgehead atoms. The Labute approximate surface area is 137 Å². The third-order valence-electron chi connectivity index (χ3n) is 4.15. The highest BCUT2D eigenvalue weighted by atomic mass is 16.5. The van der Waals surface area contributed by atoms with Gasteiger partial charge in [0.1, 0.15) is 17.4 Å². The molecule has 0 aliphatic carbocycles. The average Bonchev–Trinajstić information content (AvgIpc) is 2.59. The van der Waals surface area contributed by atoms with Crippen LogP contribution in [0.5, 0.6) is 5.75 Å². The molecule has 1 heterocycles. The Morgan fingerprint density at radius 3 is 2.78 bits per heavy atom. The van der Waals surface area contributed by atoms with Crippen LogP contribution in [-0.4, -0.2) is 31.0 Å². The first-order valence-electron chi connectivity index (χ1n) is 7.90. The molecule has 1 aliphatic heterocycles. The molecule has 0 radical (unpaired) electrons. The summed E-state index contributed by atoms with van der Waals surface area (Å²) in [5, 5.41) is 12.3. The minimum absolute atomic E-state index is 0.148. The van der Waals surface area contributed by atoms with Crippen LogP contribution in [0.1, 0.15) is 25.3 Å². The van der Waals surface area contributed by atoms with Crippen molar-refractivity contribution in [2.75, 3.05) is 20.2 Å². The van der Waals surface area contributed by atoms with Crippen molar-refractivity contribution >= 4 is 5.91 Å². The Balaban J connectivity index is 1.96. The van der Waals surface area contributed by atoms with Gasteiger partial charge < -0.3 is 15.0 Å². The van der Waals surface area contributed by atoms with Crippen LogP contribution in [-0.2, 0) is 11.3 Å². The van der Waals surface area contributed by atoms with E-state index in [0.29, 0.717) is 12.5 Å². The van der Waals surface area contributed by atoms with Crippen LogP contribution in [0.3, 0.4) is 0 Å². The minimum atomic E-state index is -0.188. The van der Waals surface area contributed by atoms with Crippen LogP contribution < -0.4 is 10.1 Å². The predicted octanol–water partition coefficient (Wildman–Crippen LogP) is 2.45. The van der Waals surface area contributed by atoms with E-state index in [1.54, 1.807) is 12.0 Å². The molecule has 0 unspecified atom stereocenters. The number of nitriles is 1. The fraction of sp³-hybridized carbons (Fsp3) is 0.444. The van der Waals surface area contributed by atoms with Crippen molar-refractivity contribution < 1.29 is 9.53 Å². The monoisotopic (exact) mass is 313 g/mol. The first kappa shape index (κ1) is 16.9. The van der Waals surface area contributed by atoms with Crippen LogP contribution in [0.25, 0.3) is 0 Å². The Bertz CT molecular complexity index is 611. The van der Waals surface area contributed by atoms with E-state index in [1.807, 2.05) is 30.3 Å². The van der Waals surface area contributed by atoms with E-state index >= 15 is 0 Å². The van der Waals surface area contributed by atoms with Gasteiger partial charge in [-0.05, 0) is 24.8 Å². The molecule has 122 valence electrons. The summed E-state index contributed by atoms with van der Waals surface area (Å²) >= 11 is 0. The Morgan fingerprint density at radius 1 is 1.43 bits per heavy atom. The number of benzene rings is 1. The summed E-state index contributed by atoms with van der Waals surface area (Å²) in [5.41, 5.74) is 1.12. The average molecular weight is 313 g/mol. The van der Waals surface area contributed by atoms with Crippen LogP contribution in [0.4, 0.5) is 0 Å². The molecule has 5 heteroatoms. The molecule has 1 aromatic carbocycles. The second-order valence-corrected chi connectivity index (χ2v) is 5.84. The van der Waals surface area contributed by atoms with Gasteiger partial charge >= 0.3 is 0 Å². The molecular weight excluding hydrogens is 290 g/mol. The maximum Gasteiger partial charge on any atom is 0.265 e. The number of nitrogens with zero attached hydrogens (tertiary/aromatic N) is 2. The highest BCUT2D eigenvalue weighted by Crippen LogP contribution is 2.18. The lowest BCUT2D eigenvalue weighted by Crippen LogP contribution is -2.38. The fourth-order valence-corrected chi connectivity index (χ4v) is 2.64. The molecule has 1 fully saturated rings. The third kappa shape index (κ3) is 4.49. The predicted molar refractivity (Wildman–Crippen MR) is 88.5 cm³/mol. The van der Waals surface area contributed by atoms with Gasteiger partial charge in [0, 0.05) is 31.4 Å². The summed E-state index contributed by atoms with van der Waals surface area (Å²) < 4.78 is 5.28. The lowest BCUT2D eigenvalue weighted by molar-refractivity contribution is -0.128. The van der Waals surface area contributed by atoms with E-state index in [1.165, 1.54) is 6.20 Å². The van der Waals surface area contributed by atoms with Crippen molar-refractivity contribution in [2.24, 2.45) is 5.92 Å². The summed E-state index contributed by atoms with van der Waals surface area (Å²) in [4.78, 5) is 14.1. The quantitative estimate of drug-likeness (QED) is 0.670. The number of para-hydroxylation sites is 1. The molecule has 0 spiro atoms. The molecule has 0 aromatic heterocycles. The fourth-order valence-electron chi connectivity index (χ4n) is 2.64. The van der Waals surface area contributed by atoms with E-state index in [4.69, 9.17) is 4.74 Å². The summed E-state index contributed by atoms with van der Waals surface area (Å²) in [6.07, 6.45) is 3.50. The second-order valence-electron chi connectivity index (χ2n) is 5.84. The Morgan fingerprint density at radius 2 is 2.13 bits per heavy atom. The van der Waals surface area contributed by atoms with Gasteiger partial charge in [-0.3, -0.25) is 4.79 Å². The van der Waals surface area contributed by atoms with Crippen LogP contribution in [0, 0.1) is 17.2 Å². The third-order valence-corrected chi connectivity index (χ3v) is 4.15. The summed E-state index contributed by atoms with van der Waals surface area (Å²) in [7, 11) is 1.62. The molecule has 0 saturated carbocycles. The smallest absolute Gasteiger partial charge is 0.265 e. The molecule has 1 aromatic rings. The molecule has 1 amide bonds. The van der Waals surface area contributed by atoms with Crippen molar-refractivity contribution in [3.8, 4) is 11.8 Å². The van der Waals surface area contributed by atoms with E-state index in [-0.39, 0.29) is 11.5 Å². The summed E-state index contributed by atoms with van der Waals surface area (Å²) in [5.74, 6) is 1.24. The molecule has 1 saturated heterocycles. The number of methoxy groups -OCH3 is 1. The molecule has 2 rings (SSSR count). The first-order chi connectivity index (χ1) is 11.2. The molecule has 0 atom stereocenters. The first-order valence-corrected chi connectivity index (χ1v) is 7.90. The molecule has 1 aliphatic rings. The van der Waals surface area contributed by atoms with Gasteiger partial charge in [-0.25, -0.2) is 0 Å². The van der Waals surface area contributed by atoms with Crippen LogP contribution in [0.15, 0.2) is 36.0 Å². The molecule has 5 nitrogen and oxygen atoms in total. The highest BCUT2D eigenvalue weighted by molar-refractivity contribution is 5.97. The number of hydrogen-bond acceptors (Lipinski definition) is 4. The van der Waals surface area contributed by atoms with E-state index in [0.717, 1.165) is 37.2 Å². The second kappa shape index (κ2) is 8.23. The van der Waals surface area contributed by atoms with E-state index < -0.39 is 0 Å². The standard InChI is InChI=1S/C18H23N3O2/c1-14-7-9-21(10-8-14)18(22)16(11-19)13-20-12-15-5-3-4-6-17(15)23-2/h3-6,13-14,20H,7-10,12H2,1-2H3/b16-13-. The topological polar surface area (TPSA) is 65.4 Å². The van der Waals surface area contributed by atoms with Gasteiger partial charge in [-0.1, -0.05) is 25.1 Å². The SMILES string of the molecule is COc1ccccc1CN/C=C(/C#N)C(=O)N1CCC(C)CC1. The number of ether oxygens (including phenoxy) is 1. The molecule has 1 N–H and O–H groups in total. The maximum absolute atomic E-state index is 12.4. The zero-order valence-corrected chi connectivity index (χ0v) is 13.7. The van der Waals surface area contributed by atoms with Crippen molar-refractivity contribution in [2.45, 2.75) is 26.3 Å². The highest BCUT2D eigenvalue weighted by Gasteiger charge is 2.22. The largest absolute Gasteiger partial charge is 0.496 e. The van der Waals surface area contributed by atoms with Crippen molar-refractivity contribution in [3.05, 3.63) is 41.6 Å². The Kier molecular flexibility index (Phi) is 6.04. The minimum Gasteiger partial charge on any atom is -0.496 e. The number of piperidine rings is 1. The van der Waals surface area contributed by atoms with E-state index in [2.05, 4.69) is 12.2 Å². The molecule has 23 heavy (non-hydrogen) atoms. The van der Waals surface area contributed by atoms with Gasteiger partial charge in [0.25, 0.3) is 5.91 Å². The van der Waals surface area contributed by atoms with Crippen molar-refractivity contribution in [3.63, 3.8) is 0 Å². The number of carbonyl (C=O) groups is 1.